The minimum Gasteiger partial charge on any atom is -0.366 e. The van der Waals surface area contributed by atoms with Crippen LogP contribution in [-0.2, 0) is 22.7 Å². The van der Waals surface area contributed by atoms with E-state index in [0.717, 1.165) is 5.56 Å². The van der Waals surface area contributed by atoms with E-state index >= 15 is 0 Å². The zero-order chi connectivity index (χ0) is 25.8. The fraction of sp³-hybridized carbons (Fsp3) is 0.227. The summed E-state index contributed by atoms with van der Waals surface area (Å²) in [5.41, 5.74) is 6.26. The molecule has 0 bridgehead atoms. The molecule has 3 rings (SSSR count). The highest BCUT2D eigenvalue weighted by Crippen LogP contribution is 2.34. The second kappa shape index (κ2) is 10.2. The molecule has 0 atom stereocenters. The van der Waals surface area contributed by atoms with Crippen LogP contribution < -0.4 is 21.1 Å². The maximum Gasteiger partial charge on any atom is 0.421 e. The first-order valence-corrected chi connectivity index (χ1v) is 12.0. The molecule has 0 radical (unpaired) electrons. The normalized spacial score (nSPS) is 11.7. The Labute approximate surface area is 200 Å². The summed E-state index contributed by atoms with van der Waals surface area (Å²) in [6.45, 7) is 3.10. The first kappa shape index (κ1) is 25.7. The Morgan fingerprint density at radius 2 is 1.80 bits per heavy atom. The van der Waals surface area contributed by atoms with E-state index in [4.69, 9.17) is 5.73 Å². The van der Waals surface area contributed by atoms with Gasteiger partial charge in [0.2, 0.25) is 21.9 Å². The molecule has 9 nitrogen and oxygen atoms in total. The van der Waals surface area contributed by atoms with Crippen LogP contribution in [-0.4, -0.2) is 30.0 Å². The third-order valence-electron chi connectivity index (χ3n) is 4.88. The van der Waals surface area contributed by atoms with Crippen molar-refractivity contribution in [3.63, 3.8) is 0 Å². The number of nitrogens with two attached hydrogens (primary N) is 1. The third kappa shape index (κ3) is 6.82. The highest BCUT2D eigenvalue weighted by molar-refractivity contribution is 7.92. The fourth-order valence-electron chi connectivity index (χ4n) is 2.99. The van der Waals surface area contributed by atoms with Crippen molar-refractivity contribution in [2.24, 2.45) is 5.73 Å². The molecule has 13 heteroatoms. The molecule has 0 aliphatic carbocycles. The monoisotopic (exact) mass is 508 g/mol. The lowest BCUT2D eigenvalue weighted by Crippen LogP contribution is -2.18. The van der Waals surface area contributed by atoms with E-state index in [2.05, 4.69) is 25.3 Å². The zero-order valence-electron chi connectivity index (χ0n) is 18.8. The highest BCUT2D eigenvalue weighted by Gasteiger charge is 2.35. The Bertz CT molecular complexity index is 1330. The smallest absolute Gasteiger partial charge is 0.366 e. The summed E-state index contributed by atoms with van der Waals surface area (Å²) in [5.74, 6) is -1.39. The molecular weight excluding hydrogens is 485 g/mol. The van der Waals surface area contributed by atoms with Crippen molar-refractivity contribution in [2.75, 3.05) is 21.1 Å². The number of carbonyl (C=O) groups excluding carboxylic acids is 1. The van der Waals surface area contributed by atoms with E-state index in [1.807, 2.05) is 0 Å². The van der Waals surface area contributed by atoms with Gasteiger partial charge in [0.15, 0.2) is 0 Å². The van der Waals surface area contributed by atoms with Crippen LogP contribution in [0.4, 0.5) is 36.3 Å². The zero-order valence-corrected chi connectivity index (χ0v) is 19.6. The number of rotatable bonds is 9. The van der Waals surface area contributed by atoms with Crippen LogP contribution in [0.3, 0.4) is 0 Å². The number of benzene rings is 2. The van der Waals surface area contributed by atoms with Crippen molar-refractivity contribution in [3.8, 4) is 0 Å². The van der Waals surface area contributed by atoms with Crippen molar-refractivity contribution in [3.05, 3.63) is 70.9 Å². The lowest BCUT2D eigenvalue weighted by Gasteiger charge is -2.17. The lowest BCUT2D eigenvalue weighted by atomic mass is 10.1. The predicted molar refractivity (Wildman–Crippen MR) is 127 cm³/mol. The molecule has 0 saturated heterocycles. The molecule has 186 valence electrons. The van der Waals surface area contributed by atoms with E-state index in [1.54, 1.807) is 25.1 Å². The second-order valence-electron chi connectivity index (χ2n) is 7.54. The molecule has 5 N–H and O–H groups in total. The van der Waals surface area contributed by atoms with E-state index in [1.165, 1.54) is 31.2 Å². The summed E-state index contributed by atoms with van der Waals surface area (Å²) in [4.78, 5) is 18.9. The van der Waals surface area contributed by atoms with Crippen LogP contribution in [0, 0.1) is 6.92 Å². The number of halogens is 3. The minimum atomic E-state index is -4.73. The minimum absolute atomic E-state index is 0.122. The quantitative estimate of drug-likeness (QED) is 0.342. The Balaban J connectivity index is 1.89. The molecule has 0 aliphatic rings. The lowest BCUT2D eigenvalue weighted by molar-refractivity contribution is -0.137. The second-order valence-corrected chi connectivity index (χ2v) is 9.55. The maximum absolute atomic E-state index is 13.6. The van der Waals surface area contributed by atoms with Gasteiger partial charge in [0, 0.05) is 24.0 Å². The van der Waals surface area contributed by atoms with Gasteiger partial charge in [-0.3, -0.25) is 9.52 Å². The van der Waals surface area contributed by atoms with Crippen LogP contribution in [0.25, 0.3) is 0 Å². The van der Waals surface area contributed by atoms with Crippen LogP contribution in [0.15, 0.2) is 48.7 Å². The van der Waals surface area contributed by atoms with Crippen molar-refractivity contribution >= 4 is 39.1 Å². The number of aromatic nitrogens is 2. The standard InChI is InChI=1S/C22H23F3N6O3S/c1-3-35(33,34)31-18-10-13(2)4-5-15(18)11-27-20-17(22(23,24)25)12-28-21(30-20)29-16-8-6-14(7-9-16)19(26)32/h4-10,12,31H,3,11H2,1-2H3,(H2,26,32)(H2,27,28,29,30). The van der Waals surface area contributed by atoms with Gasteiger partial charge in [-0.15, -0.1) is 0 Å². The molecule has 0 fully saturated rings. The van der Waals surface area contributed by atoms with Gasteiger partial charge in [0.25, 0.3) is 0 Å². The van der Waals surface area contributed by atoms with Crippen LogP contribution in [0.2, 0.25) is 0 Å². The summed E-state index contributed by atoms with van der Waals surface area (Å²) in [6, 6.07) is 10.8. The number of hydrogen-bond donors (Lipinski definition) is 4. The van der Waals surface area contributed by atoms with E-state index < -0.39 is 33.5 Å². The first-order chi connectivity index (χ1) is 16.4. The molecule has 1 aromatic heterocycles. The Kier molecular flexibility index (Phi) is 7.48. The van der Waals surface area contributed by atoms with Crippen molar-refractivity contribution < 1.29 is 26.4 Å². The maximum atomic E-state index is 13.6. The highest BCUT2D eigenvalue weighted by atomic mass is 32.2. The van der Waals surface area contributed by atoms with Crippen LogP contribution in [0.1, 0.15) is 34.0 Å². The predicted octanol–water partition coefficient (Wildman–Crippen LogP) is 4.02. The summed E-state index contributed by atoms with van der Waals surface area (Å²) >= 11 is 0. The molecule has 3 aromatic rings. The molecule has 0 aliphatic heterocycles. The molecular formula is C22H23F3N6O3S. The number of alkyl halides is 3. The average Bonchev–Trinajstić information content (AvgIpc) is 2.78. The van der Waals surface area contributed by atoms with E-state index in [0.29, 0.717) is 17.4 Å². The molecule has 35 heavy (non-hydrogen) atoms. The first-order valence-electron chi connectivity index (χ1n) is 10.3. The van der Waals surface area contributed by atoms with Gasteiger partial charge in [0.1, 0.15) is 11.4 Å². The average molecular weight is 509 g/mol. The van der Waals surface area contributed by atoms with Crippen molar-refractivity contribution in [1.82, 2.24) is 9.97 Å². The topological polar surface area (TPSA) is 139 Å². The summed E-state index contributed by atoms with van der Waals surface area (Å²) in [5, 5.41) is 5.41. The summed E-state index contributed by atoms with van der Waals surface area (Å²) < 4.78 is 67.2. The molecule has 1 amide bonds. The number of anilines is 4. The van der Waals surface area contributed by atoms with Gasteiger partial charge in [0.05, 0.1) is 11.4 Å². The number of primary amides is 1. The number of amides is 1. The van der Waals surface area contributed by atoms with Gasteiger partial charge >= 0.3 is 6.18 Å². The molecule has 0 unspecified atom stereocenters. The molecule has 0 spiro atoms. The number of sulfonamides is 1. The molecule has 0 saturated carbocycles. The van der Waals surface area contributed by atoms with Gasteiger partial charge in [-0.25, -0.2) is 13.4 Å². The van der Waals surface area contributed by atoms with Gasteiger partial charge in [-0.1, -0.05) is 12.1 Å². The SMILES string of the molecule is CCS(=O)(=O)Nc1cc(C)ccc1CNc1nc(Nc2ccc(C(N)=O)cc2)ncc1C(F)(F)F. The van der Waals surface area contributed by atoms with Crippen molar-refractivity contribution in [1.29, 1.82) is 0 Å². The Morgan fingerprint density at radius 3 is 2.40 bits per heavy atom. The Morgan fingerprint density at radius 1 is 1.11 bits per heavy atom. The number of carbonyl (C=O) groups is 1. The summed E-state index contributed by atoms with van der Waals surface area (Å²) in [7, 11) is -3.60. The Hall–Kier alpha value is -3.87. The largest absolute Gasteiger partial charge is 0.421 e. The number of nitrogens with one attached hydrogen (secondary N) is 3. The van der Waals surface area contributed by atoms with Gasteiger partial charge in [-0.05, 0) is 55.3 Å². The number of aryl methyl sites for hydroxylation is 1. The van der Waals surface area contributed by atoms with Crippen LogP contribution >= 0.6 is 0 Å². The number of hydrogen-bond acceptors (Lipinski definition) is 7. The number of nitrogens with zero attached hydrogens (tertiary/aromatic N) is 2. The summed E-state index contributed by atoms with van der Waals surface area (Å²) in [6.07, 6.45) is -4.09. The van der Waals surface area contributed by atoms with Crippen LogP contribution in [0.5, 0.6) is 0 Å². The molecule has 1 heterocycles. The van der Waals surface area contributed by atoms with E-state index in [-0.39, 0.29) is 29.5 Å². The third-order valence-corrected chi connectivity index (χ3v) is 6.17. The molecule has 2 aromatic carbocycles. The van der Waals surface area contributed by atoms with Gasteiger partial charge < -0.3 is 16.4 Å². The fourth-order valence-corrected chi connectivity index (χ4v) is 3.66. The van der Waals surface area contributed by atoms with Crippen molar-refractivity contribution in [2.45, 2.75) is 26.6 Å². The van der Waals surface area contributed by atoms with Gasteiger partial charge in [-0.2, -0.15) is 18.2 Å². The van der Waals surface area contributed by atoms with E-state index in [9.17, 15) is 26.4 Å².